The van der Waals surface area contributed by atoms with E-state index in [4.69, 9.17) is 23.7 Å². The molecular weight excluding hydrogens is 390 g/mol. The van der Waals surface area contributed by atoms with Crippen LogP contribution in [0.2, 0.25) is 0 Å². The number of rotatable bonds is 7. The second kappa shape index (κ2) is 8.77. The fourth-order valence-electron chi connectivity index (χ4n) is 3.36. The molecule has 158 valence electrons. The van der Waals surface area contributed by atoms with Crippen LogP contribution in [0.5, 0.6) is 23.0 Å². The number of aromatic amines is 1. The van der Waals surface area contributed by atoms with Gasteiger partial charge in [-0.2, -0.15) is 0 Å². The van der Waals surface area contributed by atoms with Gasteiger partial charge in [0.05, 0.1) is 47.4 Å². The number of carbonyl (C=O) groups excluding carboxylic acids is 1. The monoisotopic (exact) mass is 413 g/mol. The number of H-pyrrole nitrogens is 1. The molecule has 0 aliphatic carbocycles. The van der Waals surface area contributed by atoms with Crippen LogP contribution in [0.3, 0.4) is 0 Å². The Kier molecular flexibility index (Phi) is 6.15. The van der Waals surface area contributed by atoms with Gasteiger partial charge in [-0.1, -0.05) is 6.07 Å². The molecule has 0 fully saturated rings. The zero-order valence-electron chi connectivity index (χ0n) is 17.5. The number of aromatic nitrogens is 1. The van der Waals surface area contributed by atoms with Crippen molar-refractivity contribution in [3.05, 3.63) is 46.2 Å². The number of carbonyl (C=O) groups is 1. The molecule has 0 saturated heterocycles. The summed E-state index contributed by atoms with van der Waals surface area (Å²) in [5.74, 6) is 1.33. The maximum absolute atomic E-state index is 12.9. The summed E-state index contributed by atoms with van der Waals surface area (Å²) in [7, 11) is 7.33. The first-order chi connectivity index (χ1) is 14.5. The van der Waals surface area contributed by atoms with Crippen LogP contribution in [-0.2, 0) is 16.0 Å². The van der Waals surface area contributed by atoms with Gasteiger partial charge in [-0.25, -0.2) is 0 Å². The molecule has 30 heavy (non-hydrogen) atoms. The quantitative estimate of drug-likeness (QED) is 0.595. The van der Waals surface area contributed by atoms with Crippen LogP contribution in [0.15, 0.2) is 35.1 Å². The Labute approximate surface area is 173 Å². The molecule has 8 heteroatoms. The van der Waals surface area contributed by atoms with Gasteiger partial charge in [-0.05, 0) is 35.2 Å². The van der Waals surface area contributed by atoms with Gasteiger partial charge in [-0.15, -0.1) is 0 Å². The molecule has 0 bridgehead atoms. The van der Waals surface area contributed by atoms with Crippen LogP contribution in [0.4, 0.5) is 0 Å². The first-order valence-electron chi connectivity index (χ1n) is 9.07. The summed E-state index contributed by atoms with van der Waals surface area (Å²) in [6, 6.07) is 8.72. The summed E-state index contributed by atoms with van der Waals surface area (Å²) >= 11 is 0. The second-order valence-corrected chi connectivity index (χ2v) is 6.39. The van der Waals surface area contributed by atoms with Gasteiger partial charge in [-0.3, -0.25) is 9.59 Å². The minimum absolute atomic E-state index is 0.00180. The maximum atomic E-state index is 12.9. The van der Waals surface area contributed by atoms with Gasteiger partial charge in [0.1, 0.15) is 0 Å². The van der Waals surface area contributed by atoms with Gasteiger partial charge >= 0.3 is 5.97 Å². The van der Waals surface area contributed by atoms with E-state index in [0.717, 1.165) is 0 Å². The molecule has 0 saturated carbocycles. The van der Waals surface area contributed by atoms with E-state index in [0.29, 0.717) is 50.6 Å². The lowest BCUT2D eigenvalue weighted by Gasteiger charge is -2.16. The van der Waals surface area contributed by atoms with E-state index in [1.807, 2.05) is 0 Å². The molecule has 2 aromatic carbocycles. The van der Waals surface area contributed by atoms with Crippen molar-refractivity contribution < 1.29 is 28.5 Å². The summed E-state index contributed by atoms with van der Waals surface area (Å²) in [5, 5.41) is 1.03. The lowest BCUT2D eigenvalue weighted by Crippen LogP contribution is -2.11. The number of hydrogen-bond acceptors (Lipinski definition) is 7. The van der Waals surface area contributed by atoms with Crippen molar-refractivity contribution in [1.82, 2.24) is 4.98 Å². The molecule has 0 aliphatic rings. The van der Waals surface area contributed by atoms with Crippen LogP contribution in [0, 0.1) is 0 Å². The Balaban J connectivity index is 2.28. The highest BCUT2D eigenvalue weighted by Gasteiger charge is 2.19. The van der Waals surface area contributed by atoms with Crippen molar-refractivity contribution >= 4 is 16.7 Å². The zero-order chi connectivity index (χ0) is 21.8. The van der Waals surface area contributed by atoms with Crippen LogP contribution >= 0.6 is 0 Å². The van der Waals surface area contributed by atoms with Crippen molar-refractivity contribution in [2.75, 3.05) is 35.5 Å². The average Bonchev–Trinajstić information content (AvgIpc) is 2.77. The van der Waals surface area contributed by atoms with E-state index in [1.165, 1.54) is 35.5 Å². The van der Waals surface area contributed by atoms with Crippen LogP contribution < -0.4 is 24.5 Å². The molecule has 3 rings (SSSR count). The van der Waals surface area contributed by atoms with Crippen molar-refractivity contribution in [3.63, 3.8) is 0 Å². The minimum Gasteiger partial charge on any atom is -0.493 e. The highest BCUT2D eigenvalue weighted by molar-refractivity contribution is 5.93. The molecule has 1 heterocycles. The minimum atomic E-state index is -0.419. The molecular formula is C22H23NO7. The standard InChI is InChI=1S/C22H23NO7/c1-26-16-7-6-12-8-15(23-22(25)20(12)21(16)30-5)14-11-18(28-3)17(27-2)9-13(14)10-19(24)29-4/h6-9,11H,10H2,1-5H3,(H,23,25). The molecule has 0 atom stereocenters. The molecule has 0 amide bonds. The fraction of sp³-hybridized carbons (Fsp3) is 0.273. The number of nitrogens with one attached hydrogen (secondary N) is 1. The normalized spacial score (nSPS) is 10.6. The third kappa shape index (κ3) is 3.76. The molecule has 0 aliphatic heterocycles. The maximum Gasteiger partial charge on any atom is 0.310 e. The molecule has 0 unspecified atom stereocenters. The molecule has 3 aromatic rings. The number of ether oxygens (including phenoxy) is 5. The van der Waals surface area contributed by atoms with Crippen molar-refractivity contribution in [3.8, 4) is 34.3 Å². The largest absolute Gasteiger partial charge is 0.493 e. The SMILES string of the molecule is COC(=O)Cc1cc(OC)c(OC)cc1-c1cc2ccc(OC)c(OC)c2c(=O)[nH]1. The third-order valence-corrected chi connectivity index (χ3v) is 4.81. The molecule has 0 radical (unpaired) electrons. The summed E-state index contributed by atoms with van der Waals surface area (Å²) in [6.07, 6.45) is -0.00180. The third-order valence-electron chi connectivity index (χ3n) is 4.81. The Hall–Kier alpha value is -3.68. The van der Waals surface area contributed by atoms with Crippen molar-refractivity contribution in [2.45, 2.75) is 6.42 Å². The Morgan fingerprint density at radius 1 is 0.867 bits per heavy atom. The predicted molar refractivity (Wildman–Crippen MR) is 112 cm³/mol. The van der Waals surface area contributed by atoms with E-state index < -0.39 is 5.97 Å². The summed E-state index contributed by atoms with van der Waals surface area (Å²) in [4.78, 5) is 27.8. The highest BCUT2D eigenvalue weighted by Crippen LogP contribution is 2.38. The van der Waals surface area contributed by atoms with E-state index in [-0.39, 0.29) is 12.0 Å². The highest BCUT2D eigenvalue weighted by atomic mass is 16.5. The first kappa shape index (κ1) is 21.0. The number of pyridine rings is 1. The average molecular weight is 413 g/mol. The van der Waals surface area contributed by atoms with E-state index in [1.54, 1.807) is 30.3 Å². The van der Waals surface area contributed by atoms with Crippen molar-refractivity contribution in [2.24, 2.45) is 0 Å². The van der Waals surface area contributed by atoms with Crippen molar-refractivity contribution in [1.29, 1.82) is 0 Å². The number of benzene rings is 2. The van der Waals surface area contributed by atoms with Gasteiger partial charge in [0.25, 0.3) is 5.56 Å². The van der Waals surface area contributed by atoms with Crippen LogP contribution in [0.25, 0.3) is 22.0 Å². The van der Waals surface area contributed by atoms with Gasteiger partial charge in [0.15, 0.2) is 23.0 Å². The summed E-state index contributed by atoms with van der Waals surface area (Å²) in [6.45, 7) is 0. The zero-order valence-corrected chi connectivity index (χ0v) is 17.5. The van der Waals surface area contributed by atoms with E-state index >= 15 is 0 Å². The Morgan fingerprint density at radius 2 is 1.53 bits per heavy atom. The smallest absolute Gasteiger partial charge is 0.310 e. The van der Waals surface area contributed by atoms with E-state index in [9.17, 15) is 9.59 Å². The molecule has 8 nitrogen and oxygen atoms in total. The Morgan fingerprint density at radius 3 is 2.13 bits per heavy atom. The molecule has 1 N–H and O–H groups in total. The fourth-order valence-corrected chi connectivity index (χ4v) is 3.36. The van der Waals surface area contributed by atoms with Gasteiger partial charge in [0.2, 0.25) is 0 Å². The second-order valence-electron chi connectivity index (χ2n) is 6.39. The van der Waals surface area contributed by atoms with Gasteiger partial charge in [0, 0.05) is 11.3 Å². The van der Waals surface area contributed by atoms with Crippen LogP contribution in [0.1, 0.15) is 5.56 Å². The molecule has 0 spiro atoms. The predicted octanol–water partition coefficient (Wildman–Crippen LogP) is 2.95. The number of hydrogen-bond donors (Lipinski definition) is 1. The topological polar surface area (TPSA) is 96.1 Å². The summed E-state index contributed by atoms with van der Waals surface area (Å²) < 4.78 is 26.2. The lowest BCUT2D eigenvalue weighted by atomic mass is 9.98. The van der Waals surface area contributed by atoms with E-state index in [2.05, 4.69) is 4.98 Å². The lowest BCUT2D eigenvalue weighted by molar-refractivity contribution is -0.139. The number of fused-ring (bicyclic) bond motifs is 1. The Bertz CT molecular complexity index is 1150. The first-order valence-corrected chi connectivity index (χ1v) is 9.07. The van der Waals surface area contributed by atoms with Gasteiger partial charge < -0.3 is 28.7 Å². The number of methoxy groups -OCH3 is 5. The van der Waals surface area contributed by atoms with Crippen LogP contribution in [-0.4, -0.2) is 46.5 Å². The molecule has 1 aromatic heterocycles. The summed E-state index contributed by atoms with van der Waals surface area (Å²) in [5.41, 5.74) is 1.40. The number of esters is 1.